The molecule has 2 N–H and O–H groups in total. The number of aromatic amines is 1. The van der Waals surface area contributed by atoms with E-state index in [2.05, 4.69) is 26.5 Å². The Labute approximate surface area is 146 Å². The van der Waals surface area contributed by atoms with E-state index in [0.29, 0.717) is 23.4 Å². The minimum Gasteiger partial charge on any atom is -0.379 e. The molecule has 0 bridgehead atoms. The van der Waals surface area contributed by atoms with E-state index >= 15 is 0 Å². The summed E-state index contributed by atoms with van der Waals surface area (Å²) in [5.41, 5.74) is 2.47. The summed E-state index contributed by atoms with van der Waals surface area (Å²) in [6.07, 6.45) is 2.50. The lowest BCUT2D eigenvalue weighted by Crippen LogP contribution is -2.38. The molecule has 1 aromatic carbocycles. The van der Waals surface area contributed by atoms with Crippen molar-refractivity contribution in [3.05, 3.63) is 41.7 Å². The van der Waals surface area contributed by atoms with Gasteiger partial charge in [-0.2, -0.15) is 10.4 Å². The summed E-state index contributed by atoms with van der Waals surface area (Å²) in [5, 5.41) is 18.6. The van der Waals surface area contributed by atoms with E-state index in [0.717, 1.165) is 44.8 Å². The normalized spacial score (nSPS) is 14.8. The predicted octanol–water partition coefficient (Wildman–Crippen LogP) is 1.40. The minimum atomic E-state index is -0.106. The molecule has 1 fully saturated rings. The second-order valence-corrected chi connectivity index (χ2v) is 5.91. The van der Waals surface area contributed by atoms with Crippen LogP contribution >= 0.6 is 0 Å². The van der Waals surface area contributed by atoms with Gasteiger partial charge >= 0.3 is 0 Å². The molecule has 7 heteroatoms. The molecule has 2 heterocycles. The predicted molar refractivity (Wildman–Crippen MR) is 92.9 cm³/mol. The van der Waals surface area contributed by atoms with Crippen molar-refractivity contribution in [2.75, 3.05) is 39.4 Å². The number of rotatable bonds is 6. The van der Waals surface area contributed by atoms with Gasteiger partial charge in [-0.05, 0) is 30.7 Å². The summed E-state index contributed by atoms with van der Waals surface area (Å²) in [7, 11) is 0. The molecule has 130 valence electrons. The Balaban J connectivity index is 1.54. The fourth-order valence-corrected chi connectivity index (χ4v) is 2.85. The molecule has 1 saturated heterocycles. The Bertz CT molecular complexity index is 759. The molecule has 25 heavy (non-hydrogen) atoms. The maximum atomic E-state index is 12.3. The summed E-state index contributed by atoms with van der Waals surface area (Å²) in [5.74, 6) is -0.106. The third-order valence-corrected chi connectivity index (χ3v) is 4.23. The highest BCUT2D eigenvalue weighted by Crippen LogP contribution is 2.22. The molecule has 3 rings (SSSR count). The summed E-state index contributed by atoms with van der Waals surface area (Å²) in [6, 6.07) is 9.29. The highest BCUT2D eigenvalue weighted by molar-refractivity contribution is 5.95. The van der Waals surface area contributed by atoms with Crippen LogP contribution in [-0.4, -0.2) is 60.4 Å². The minimum absolute atomic E-state index is 0.106. The maximum Gasteiger partial charge on any atom is 0.251 e. The molecular formula is C18H21N5O2. The largest absolute Gasteiger partial charge is 0.379 e. The van der Waals surface area contributed by atoms with Gasteiger partial charge in [0.15, 0.2) is 0 Å². The van der Waals surface area contributed by atoms with Crippen molar-refractivity contribution in [3.63, 3.8) is 0 Å². The van der Waals surface area contributed by atoms with E-state index in [-0.39, 0.29) is 5.91 Å². The molecule has 1 aromatic heterocycles. The summed E-state index contributed by atoms with van der Waals surface area (Å²) in [4.78, 5) is 14.7. The van der Waals surface area contributed by atoms with Gasteiger partial charge < -0.3 is 10.1 Å². The van der Waals surface area contributed by atoms with Crippen molar-refractivity contribution in [1.29, 1.82) is 5.26 Å². The van der Waals surface area contributed by atoms with Crippen LogP contribution in [-0.2, 0) is 4.74 Å². The molecule has 0 saturated carbocycles. The van der Waals surface area contributed by atoms with Crippen molar-refractivity contribution in [2.24, 2.45) is 0 Å². The zero-order valence-electron chi connectivity index (χ0n) is 14.0. The number of aromatic nitrogens is 2. The average Bonchev–Trinajstić information content (AvgIpc) is 3.15. The first kappa shape index (κ1) is 17.1. The zero-order valence-corrected chi connectivity index (χ0v) is 14.0. The van der Waals surface area contributed by atoms with Gasteiger partial charge in [0, 0.05) is 30.8 Å². The molecule has 1 aliphatic heterocycles. The first-order valence-electron chi connectivity index (χ1n) is 8.40. The molecule has 0 atom stereocenters. The number of amides is 1. The van der Waals surface area contributed by atoms with Crippen LogP contribution in [0.4, 0.5) is 0 Å². The van der Waals surface area contributed by atoms with E-state index in [1.807, 2.05) is 12.1 Å². The monoisotopic (exact) mass is 339 g/mol. The number of hydrogen-bond acceptors (Lipinski definition) is 5. The third kappa shape index (κ3) is 4.44. The van der Waals surface area contributed by atoms with E-state index in [4.69, 9.17) is 10.00 Å². The van der Waals surface area contributed by atoms with E-state index < -0.39 is 0 Å². The van der Waals surface area contributed by atoms with E-state index in [1.54, 1.807) is 18.3 Å². The van der Waals surface area contributed by atoms with E-state index in [9.17, 15) is 4.79 Å². The molecule has 7 nitrogen and oxygen atoms in total. The average molecular weight is 339 g/mol. The van der Waals surface area contributed by atoms with Crippen LogP contribution in [0.3, 0.4) is 0 Å². The van der Waals surface area contributed by atoms with Crippen LogP contribution in [0.5, 0.6) is 0 Å². The summed E-state index contributed by atoms with van der Waals surface area (Å²) < 4.78 is 5.32. The van der Waals surface area contributed by atoms with Crippen LogP contribution in [0.2, 0.25) is 0 Å². The van der Waals surface area contributed by atoms with Gasteiger partial charge in [-0.1, -0.05) is 12.1 Å². The molecule has 1 amide bonds. The van der Waals surface area contributed by atoms with Gasteiger partial charge in [0.05, 0.1) is 19.4 Å². The third-order valence-electron chi connectivity index (χ3n) is 4.23. The molecule has 0 spiro atoms. The first-order valence-corrected chi connectivity index (χ1v) is 8.40. The second-order valence-electron chi connectivity index (χ2n) is 5.91. The van der Waals surface area contributed by atoms with Crippen LogP contribution in [0, 0.1) is 11.3 Å². The number of carbonyl (C=O) groups is 1. The standard InChI is InChI=1S/C18H21N5O2/c19-12-17-16(13-21-22-17)14-3-1-4-15(11-14)18(24)20-5-2-6-23-7-9-25-10-8-23/h1,3-4,11,13H,2,5-10H2,(H,20,24)(H,21,22). The number of H-pyrrole nitrogens is 1. The maximum absolute atomic E-state index is 12.3. The van der Waals surface area contributed by atoms with Crippen molar-refractivity contribution in [2.45, 2.75) is 6.42 Å². The van der Waals surface area contributed by atoms with Crippen molar-refractivity contribution < 1.29 is 9.53 Å². The molecular weight excluding hydrogens is 318 g/mol. The number of morpholine rings is 1. The van der Waals surface area contributed by atoms with Gasteiger partial charge in [-0.25, -0.2) is 0 Å². The van der Waals surface area contributed by atoms with Crippen molar-refractivity contribution in [1.82, 2.24) is 20.4 Å². The lowest BCUT2D eigenvalue weighted by molar-refractivity contribution is 0.0374. The van der Waals surface area contributed by atoms with Crippen LogP contribution in [0.1, 0.15) is 22.5 Å². The van der Waals surface area contributed by atoms with Gasteiger partial charge in [0.2, 0.25) is 0 Å². The Kier molecular flexibility index (Phi) is 5.77. The smallest absolute Gasteiger partial charge is 0.251 e. The lowest BCUT2D eigenvalue weighted by atomic mass is 10.0. The Morgan fingerprint density at radius 3 is 3.04 bits per heavy atom. The molecule has 0 radical (unpaired) electrons. The van der Waals surface area contributed by atoms with Crippen LogP contribution < -0.4 is 5.32 Å². The number of nitrogens with one attached hydrogen (secondary N) is 2. The number of carbonyl (C=O) groups excluding carboxylic acids is 1. The van der Waals surface area contributed by atoms with Crippen LogP contribution in [0.25, 0.3) is 11.1 Å². The van der Waals surface area contributed by atoms with Gasteiger partial charge in [-0.3, -0.25) is 14.8 Å². The first-order chi connectivity index (χ1) is 12.3. The van der Waals surface area contributed by atoms with Crippen molar-refractivity contribution >= 4 is 5.91 Å². The van der Waals surface area contributed by atoms with Crippen LogP contribution in [0.15, 0.2) is 30.5 Å². The topological polar surface area (TPSA) is 94.0 Å². The number of ether oxygens (including phenoxy) is 1. The van der Waals surface area contributed by atoms with Crippen molar-refractivity contribution in [3.8, 4) is 17.2 Å². The number of hydrogen-bond donors (Lipinski definition) is 2. The zero-order chi connectivity index (χ0) is 17.5. The number of nitrogens with zero attached hydrogens (tertiary/aromatic N) is 3. The fourth-order valence-electron chi connectivity index (χ4n) is 2.85. The molecule has 1 aliphatic rings. The summed E-state index contributed by atoms with van der Waals surface area (Å²) >= 11 is 0. The lowest BCUT2D eigenvalue weighted by Gasteiger charge is -2.26. The number of benzene rings is 1. The summed E-state index contributed by atoms with van der Waals surface area (Å²) in [6.45, 7) is 5.10. The van der Waals surface area contributed by atoms with Gasteiger partial charge in [-0.15, -0.1) is 0 Å². The van der Waals surface area contributed by atoms with Gasteiger partial charge in [0.25, 0.3) is 5.91 Å². The fraction of sp³-hybridized carbons (Fsp3) is 0.389. The number of nitriles is 1. The van der Waals surface area contributed by atoms with Gasteiger partial charge in [0.1, 0.15) is 11.8 Å². The quantitative estimate of drug-likeness (QED) is 0.776. The molecule has 0 aliphatic carbocycles. The Hall–Kier alpha value is -2.69. The second kappa shape index (κ2) is 8.42. The Morgan fingerprint density at radius 2 is 2.24 bits per heavy atom. The molecule has 2 aromatic rings. The molecule has 0 unspecified atom stereocenters. The Morgan fingerprint density at radius 1 is 1.40 bits per heavy atom. The highest BCUT2D eigenvalue weighted by Gasteiger charge is 2.12. The van der Waals surface area contributed by atoms with E-state index in [1.165, 1.54) is 0 Å². The highest BCUT2D eigenvalue weighted by atomic mass is 16.5. The SMILES string of the molecule is N#Cc1[nH]ncc1-c1cccc(C(=O)NCCCN2CCOCC2)c1.